The molecule has 0 aliphatic heterocycles. The van der Waals surface area contributed by atoms with E-state index in [1.807, 2.05) is 24.3 Å². The molecule has 25 heavy (non-hydrogen) atoms. The summed E-state index contributed by atoms with van der Waals surface area (Å²) in [6.07, 6.45) is 0. The molecular weight excluding hydrogens is 395 g/mol. The number of ether oxygens (including phenoxy) is 2. The molecular formula is C17H12BrFN2O4. The SMILES string of the molecule is O=C(COc1ccc(F)cc1)OCc1nnc(-c2ccccc2Br)o1. The van der Waals surface area contributed by atoms with Gasteiger partial charge in [-0.3, -0.25) is 0 Å². The van der Waals surface area contributed by atoms with E-state index in [1.54, 1.807) is 0 Å². The highest BCUT2D eigenvalue weighted by Gasteiger charge is 2.13. The second kappa shape index (κ2) is 7.89. The topological polar surface area (TPSA) is 74.5 Å². The molecule has 0 spiro atoms. The molecule has 8 heteroatoms. The first-order chi connectivity index (χ1) is 12.1. The van der Waals surface area contributed by atoms with Crippen molar-refractivity contribution in [2.45, 2.75) is 6.61 Å². The Hall–Kier alpha value is -2.74. The van der Waals surface area contributed by atoms with Crippen molar-refractivity contribution in [3.63, 3.8) is 0 Å². The van der Waals surface area contributed by atoms with Gasteiger partial charge in [-0.2, -0.15) is 0 Å². The molecule has 128 valence electrons. The lowest BCUT2D eigenvalue weighted by molar-refractivity contribution is -0.148. The molecule has 3 aromatic rings. The Morgan fingerprint density at radius 2 is 1.88 bits per heavy atom. The second-order valence-corrected chi connectivity index (χ2v) is 5.74. The lowest BCUT2D eigenvalue weighted by Gasteiger charge is -2.05. The van der Waals surface area contributed by atoms with E-state index >= 15 is 0 Å². The van der Waals surface area contributed by atoms with Crippen LogP contribution in [-0.2, 0) is 16.1 Å². The molecule has 2 aromatic carbocycles. The largest absolute Gasteiger partial charge is 0.482 e. The zero-order chi connectivity index (χ0) is 17.6. The van der Waals surface area contributed by atoms with Crippen molar-refractivity contribution in [3.05, 3.63) is 64.7 Å². The van der Waals surface area contributed by atoms with E-state index < -0.39 is 5.97 Å². The van der Waals surface area contributed by atoms with E-state index in [1.165, 1.54) is 24.3 Å². The van der Waals surface area contributed by atoms with Gasteiger partial charge >= 0.3 is 5.97 Å². The smallest absolute Gasteiger partial charge is 0.344 e. The van der Waals surface area contributed by atoms with Crippen LogP contribution in [0.4, 0.5) is 4.39 Å². The number of carbonyl (C=O) groups excluding carboxylic acids is 1. The molecule has 0 fully saturated rings. The van der Waals surface area contributed by atoms with E-state index in [0.29, 0.717) is 11.6 Å². The zero-order valence-corrected chi connectivity index (χ0v) is 14.4. The Balaban J connectivity index is 1.51. The fourth-order valence-electron chi connectivity index (χ4n) is 1.91. The molecule has 1 aromatic heterocycles. The molecule has 3 rings (SSSR count). The van der Waals surface area contributed by atoms with Crippen LogP contribution in [0.15, 0.2) is 57.4 Å². The summed E-state index contributed by atoms with van der Waals surface area (Å²) in [7, 11) is 0. The minimum absolute atomic E-state index is 0.164. The fraction of sp³-hybridized carbons (Fsp3) is 0.118. The lowest BCUT2D eigenvalue weighted by Crippen LogP contribution is -2.14. The number of nitrogens with zero attached hydrogens (tertiary/aromatic N) is 2. The molecule has 0 aliphatic rings. The summed E-state index contributed by atoms with van der Waals surface area (Å²) in [5, 5.41) is 7.76. The van der Waals surface area contributed by atoms with E-state index in [4.69, 9.17) is 13.9 Å². The maximum Gasteiger partial charge on any atom is 0.344 e. The Morgan fingerprint density at radius 3 is 2.64 bits per heavy atom. The molecule has 0 aliphatic carbocycles. The van der Waals surface area contributed by atoms with Crippen LogP contribution >= 0.6 is 15.9 Å². The first-order valence-corrected chi connectivity index (χ1v) is 8.02. The molecule has 0 amide bonds. The number of hydrogen-bond donors (Lipinski definition) is 0. The van der Waals surface area contributed by atoms with Gasteiger partial charge in [-0.1, -0.05) is 12.1 Å². The van der Waals surface area contributed by atoms with Crippen LogP contribution in [-0.4, -0.2) is 22.8 Å². The van der Waals surface area contributed by atoms with E-state index in [-0.39, 0.29) is 24.9 Å². The highest BCUT2D eigenvalue weighted by Crippen LogP contribution is 2.26. The van der Waals surface area contributed by atoms with Gasteiger partial charge < -0.3 is 13.9 Å². The molecule has 0 saturated heterocycles. The van der Waals surface area contributed by atoms with Gasteiger partial charge in [0.25, 0.3) is 5.89 Å². The third-order valence-corrected chi connectivity index (χ3v) is 3.79. The number of carbonyl (C=O) groups is 1. The third-order valence-electron chi connectivity index (χ3n) is 3.10. The fourth-order valence-corrected chi connectivity index (χ4v) is 2.37. The highest BCUT2D eigenvalue weighted by atomic mass is 79.9. The van der Waals surface area contributed by atoms with Crippen LogP contribution in [0, 0.1) is 5.82 Å². The molecule has 0 saturated carbocycles. The van der Waals surface area contributed by atoms with Gasteiger partial charge in [0, 0.05) is 4.47 Å². The average Bonchev–Trinajstić information content (AvgIpc) is 3.08. The summed E-state index contributed by atoms with van der Waals surface area (Å²) in [5.41, 5.74) is 0.743. The van der Waals surface area contributed by atoms with Crippen LogP contribution in [0.1, 0.15) is 5.89 Å². The highest BCUT2D eigenvalue weighted by molar-refractivity contribution is 9.10. The number of hydrogen-bond acceptors (Lipinski definition) is 6. The minimum Gasteiger partial charge on any atom is -0.482 e. The van der Waals surface area contributed by atoms with Crippen LogP contribution < -0.4 is 4.74 Å². The summed E-state index contributed by atoms with van der Waals surface area (Å²) in [6, 6.07) is 12.7. The second-order valence-electron chi connectivity index (χ2n) is 4.88. The maximum absolute atomic E-state index is 12.8. The van der Waals surface area contributed by atoms with Crippen molar-refractivity contribution in [2.75, 3.05) is 6.61 Å². The molecule has 0 bridgehead atoms. The Labute approximate surface area is 150 Å². The first kappa shape index (κ1) is 17.1. The van der Waals surface area contributed by atoms with Gasteiger partial charge in [0.05, 0.1) is 5.56 Å². The number of benzene rings is 2. The average molecular weight is 407 g/mol. The van der Waals surface area contributed by atoms with Crippen molar-refractivity contribution >= 4 is 21.9 Å². The van der Waals surface area contributed by atoms with Gasteiger partial charge in [0.1, 0.15) is 11.6 Å². The molecule has 0 radical (unpaired) electrons. The standard InChI is InChI=1S/C17H12BrFN2O4/c18-14-4-2-1-3-13(14)17-21-20-15(25-17)9-24-16(22)10-23-12-7-5-11(19)6-8-12/h1-8H,9-10H2. The van der Waals surface area contributed by atoms with Crippen LogP contribution in [0.25, 0.3) is 11.5 Å². The number of rotatable bonds is 6. The van der Waals surface area contributed by atoms with Gasteiger partial charge in [-0.15, -0.1) is 10.2 Å². The van der Waals surface area contributed by atoms with E-state index in [9.17, 15) is 9.18 Å². The number of aromatic nitrogens is 2. The van der Waals surface area contributed by atoms with Crippen molar-refractivity contribution in [2.24, 2.45) is 0 Å². The Kier molecular flexibility index (Phi) is 5.39. The Morgan fingerprint density at radius 1 is 1.12 bits per heavy atom. The summed E-state index contributed by atoms with van der Waals surface area (Å²) < 4.78 is 29.2. The van der Waals surface area contributed by atoms with Crippen LogP contribution in [0.2, 0.25) is 0 Å². The van der Waals surface area contributed by atoms with Crippen LogP contribution in [0.5, 0.6) is 5.75 Å². The molecule has 6 nitrogen and oxygen atoms in total. The van der Waals surface area contributed by atoms with Crippen LogP contribution in [0.3, 0.4) is 0 Å². The van der Waals surface area contributed by atoms with E-state index in [2.05, 4.69) is 26.1 Å². The zero-order valence-electron chi connectivity index (χ0n) is 12.8. The summed E-state index contributed by atoms with van der Waals surface area (Å²) in [5.74, 6) is -0.133. The lowest BCUT2D eigenvalue weighted by atomic mass is 10.2. The van der Waals surface area contributed by atoms with Crippen molar-refractivity contribution in [3.8, 4) is 17.2 Å². The quantitative estimate of drug-likeness (QED) is 0.580. The summed E-state index contributed by atoms with van der Waals surface area (Å²) >= 11 is 3.40. The molecule has 1 heterocycles. The third kappa shape index (κ3) is 4.63. The Bertz CT molecular complexity index is 867. The van der Waals surface area contributed by atoms with Gasteiger partial charge in [-0.25, -0.2) is 9.18 Å². The summed E-state index contributed by atoms with van der Waals surface area (Å²) in [4.78, 5) is 11.7. The minimum atomic E-state index is -0.607. The van der Waals surface area contributed by atoms with E-state index in [0.717, 1.165) is 10.0 Å². The van der Waals surface area contributed by atoms with Gasteiger partial charge in [0.2, 0.25) is 5.89 Å². The van der Waals surface area contributed by atoms with Crippen molar-refractivity contribution < 1.29 is 23.1 Å². The maximum atomic E-state index is 12.8. The van der Waals surface area contributed by atoms with Crippen molar-refractivity contribution in [1.29, 1.82) is 0 Å². The number of esters is 1. The molecule has 0 N–H and O–H groups in total. The van der Waals surface area contributed by atoms with Gasteiger partial charge in [-0.05, 0) is 52.3 Å². The molecule has 0 unspecified atom stereocenters. The van der Waals surface area contributed by atoms with Crippen molar-refractivity contribution in [1.82, 2.24) is 10.2 Å². The first-order valence-electron chi connectivity index (χ1n) is 7.23. The predicted octanol–water partition coefficient (Wildman–Crippen LogP) is 3.76. The number of halogens is 2. The normalized spacial score (nSPS) is 10.5. The predicted molar refractivity (Wildman–Crippen MR) is 89.1 cm³/mol. The monoisotopic (exact) mass is 406 g/mol. The molecule has 0 atom stereocenters. The van der Waals surface area contributed by atoms with Gasteiger partial charge in [0.15, 0.2) is 13.2 Å². The summed E-state index contributed by atoms with van der Waals surface area (Å²) in [6.45, 7) is -0.472.